The molecule has 0 unspecified atom stereocenters. The lowest BCUT2D eigenvalue weighted by Crippen LogP contribution is -2.40. The molecule has 3 rings (SSSR count). The van der Waals surface area contributed by atoms with Gasteiger partial charge in [-0.2, -0.15) is 0 Å². The van der Waals surface area contributed by atoms with Crippen LogP contribution in [0, 0.1) is 0 Å². The average Bonchev–Trinajstić information content (AvgIpc) is 3.23. The lowest BCUT2D eigenvalue weighted by molar-refractivity contribution is -0.130. The summed E-state index contributed by atoms with van der Waals surface area (Å²) in [5, 5.41) is 13.1. The Morgan fingerprint density at radius 3 is 3.00 bits per heavy atom. The molecule has 0 aliphatic carbocycles. The smallest absolute Gasteiger partial charge is 0.253 e. The Bertz CT molecular complexity index is 656. The molecule has 23 heavy (non-hydrogen) atoms. The molecule has 1 aliphatic rings. The Kier molecular flexibility index (Phi) is 4.73. The second-order valence-corrected chi connectivity index (χ2v) is 5.58. The zero-order valence-corrected chi connectivity index (χ0v) is 13.1. The van der Waals surface area contributed by atoms with Crippen LogP contribution in [0.25, 0.3) is 0 Å². The van der Waals surface area contributed by atoms with Crippen LogP contribution in [-0.2, 0) is 16.1 Å². The first-order chi connectivity index (χ1) is 11.2. The van der Waals surface area contributed by atoms with Gasteiger partial charge in [0.25, 0.3) is 5.91 Å². The number of benzene rings is 1. The number of rotatable bonds is 5. The quantitative estimate of drug-likeness (QED) is 0.878. The Labute approximate surface area is 135 Å². The number of amides is 1. The van der Waals surface area contributed by atoms with Gasteiger partial charge in [-0.1, -0.05) is 30.3 Å². The zero-order chi connectivity index (χ0) is 16.2. The number of aromatic nitrogens is 2. The molecule has 0 saturated carbocycles. The number of aliphatic hydroxyl groups excluding tert-OH is 1. The minimum absolute atomic E-state index is 0.187. The standard InChI is InChI=1S/C17H21N3O3/c1-2-20-10-9-18-16(20)15-13(8-11-23-15)19-17(22)14(21)12-6-4-3-5-7-12/h3-7,9-10,13-15,21H,2,8,11H2,1H3,(H,19,22)/t13-,14-,15-/m0/s1. The minimum atomic E-state index is -1.18. The summed E-state index contributed by atoms with van der Waals surface area (Å²) in [4.78, 5) is 16.7. The molecule has 2 aromatic rings. The summed E-state index contributed by atoms with van der Waals surface area (Å²) in [5.74, 6) is 0.399. The van der Waals surface area contributed by atoms with Gasteiger partial charge < -0.3 is 19.7 Å². The van der Waals surface area contributed by atoms with Gasteiger partial charge in [-0.3, -0.25) is 4.79 Å². The summed E-state index contributed by atoms with van der Waals surface area (Å²) >= 11 is 0. The third-order valence-corrected chi connectivity index (χ3v) is 4.13. The molecule has 122 valence electrons. The molecule has 1 saturated heterocycles. The van der Waals surface area contributed by atoms with Gasteiger partial charge in [0, 0.05) is 25.5 Å². The number of carbonyl (C=O) groups excluding carboxylic acids is 1. The van der Waals surface area contributed by atoms with E-state index < -0.39 is 12.0 Å². The normalized spacial score (nSPS) is 22.0. The van der Waals surface area contributed by atoms with E-state index in [2.05, 4.69) is 10.3 Å². The molecule has 6 nitrogen and oxygen atoms in total. The van der Waals surface area contributed by atoms with E-state index >= 15 is 0 Å². The van der Waals surface area contributed by atoms with Crippen LogP contribution < -0.4 is 5.32 Å². The fourth-order valence-corrected chi connectivity index (χ4v) is 2.89. The first-order valence-corrected chi connectivity index (χ1v) is 7.86. The van der Waals surface area contributed by atoms with Crippen LogP contribution in [0.15, 0.2) is 42.7 Å². The van der Waals surface area contributed by atoms with E-state index in [4.69, 9.17) is 4.74 Å². The number of ether oxygens (including phenoxy) is 1. The summed E-state index contributed by atoms with van der Waals surface area (Å²) in [6.45, 7) is 3.39. The number of nitrogens with one attached hydrogen (secondary N) is 1. The molecule has 1 fully saturated rings. The summed E-state index contributed by atoms with van der Waals surface area (Å²) < 4.78 is 7.76. The number of hydrogen-bond acceptors (Lipinski definition) is 4. The van der Waals surface area contributed by atoms with Crippen LogP contribution in [0.2, 0.25) is 0 Å². The molecular formula is C17H21N3O3. The lowest BCUT2D eigenvalue weighted by Gasteiger charge is -2.21. The summed E-state index contributed by atoms with van der Waals surface area (Å²) in [6, 6.07) is 8.72. The highest BCUT2D eigenvalue weighted by Crippen LogP contribution is 2.28. The second kappa shape index (κ2) is 6.93. The van der Waals surface area contributed by atoms with E-state index in [1.165, 1.54) is 0 Å². The molecule has 1 aromatic carbocycles. The third-order valence-electron chi connectivity index (χ3n) is 4.13. The number of nitrogens with zero attached hydrogens (tertiary/aromatic N) is 2. The van der Waals surface area contributed by atoms with Crippen LogP contribution in [0.1, 0.15) is 36.9 Å². The Hall–Kier alpha value is -2.18. The van der Waals surface area contributed by atoms with Crippen molar-refractivity contribution in [2.75, 3.05) is 6.61 Å². The Morgan fingerprint density at radius 2 is 2.26 bits per heavy atom. The fourth-order valence-electron chi connectivity index (χ4n) is 2.89. The molecule has 6 heteroatoms. The fraction of sp³-hybridized carbons (Fsp3) is 0.412. The van der Waals surface area contributed by atoms with Gasteiger partial charge >= 0.3 is 0 Å². The number of hydrogen-bond donors (Lipinski definition) is 2. The van der Waals surface area contributed by atoms with E-state index in [-0.39, 0.29) is 12.1 Å². The van der Waals surface area contributed by atoms with Gasteiger partial charge in [-0.25, -0.2) is 4.98 Å². The van der Waals surface area contributed by atoms with Crippen LogP contribution >= 0.6 is 0 Å². The van der Waals surface area contributed by atoms with Crippen LogP contribution in [0.4, 0.5) is 0 Å². The van der Waals surface area contributed by atoms with Crippen LogP contribution in [0.5, 0.6) is 0 Å². The lowest BCUT2D eigenvalue weighted by atomic mass is 10.1. The monoisotopic (exact) mass is 315 g/mol. The summed E-state index contributed by atoms with van der Waals surface area (Å²) in [6.07, 6.45) is 2.88. The zero-order valence-electron chi connectivity index (χ0n) is 13.1. The van der Waals surface area contributed by atoms with Gasteiger partial charge in [0.05, 0.1) is 6.04 Å². The molecule has 1 amide bonds. The van der Waals surface area contributed by atoms with E-state index in [0.29, 0.717) is 18.6 Å². The molecule has 0 radical (unpaired) electrons. The van der Waals surface area contributed by atoms with E-state index in [9.17, 15) is 9.90 Å². The van der Waals surface area contributed by atoms with Crippen molar-refractivity contribution in [2.24, 2.45) is 0 Å². The van der Waals surface area contributed by atoms with Crippen molar-refractivity contribution in [3.63, 3.8) is 0 Å². The minimum Gasteiger partial charge on any atom is -0.378 e. The molecule has 3 atom stereocenters. The topological polar surface area (TPSA) is 76.4 Å². The van der Waals surface area contributed by atoms with Crippen molar-refractivity contribution < 1.29 is 14.6 Å². The van der Waals surface area contributed by atoms with Gasteiger partial charge in [-0.05, 0) is 18.9 Å². The van der Waals surface area contributed by atoms with Gasteiger partial charge in [0.15, 0.2) is 6.10 Å². The number of aryl methyl sites for hydroxylation is 1. The summed E-state index contributed by atoms with van der Waals surface area (Å²) in [5.41, 5.74) is 0.579. The highest BCUT2D eigenvalue weighted by Gasteiger charge is 2.35. The maximum atomic E-state index is 12.3. The molecule has 0 bridgehead atoms. The van der Waals surface area contributed by atoms with Crippen molar-refractivity contribution in [2.45, 2.75) is 38.1 Å². The largest absolute Gasteiger partial charge is 0.378 e. The second-order valence-electron chi connectivity index (χ2n) is 5.58. The molecule has 1 aromatic heterocycles. The number of imidazole rings is 1. The average molecular weight is 315 g/mol. The first kappa shape index (κ1) is 15.7. The van der Waals surface area contributed by atoms with E-state index in [1.807, 2.05) is 23.8 Å². The van der Waals surface area contributed by atoms with E-state index in [1.54, 1.807) is 30.5 Å². The molecule has 2 N–H and O–H groups in total. The van der Waals surface area contributed by atoms with Gasteiger partial charge in [-0.15, -0.1) is 0 Å². The summed E-state index contributed by atoms with van der Waals surface area (Å²) in [7, 11) is 0. The van der Waals surface area contributed by atoms with Crippen molar-refractivity contribution in [1.29, 1.82) is 0 Å². The molecule has 2 heterocycles. The van der Waals surface area contributed by atoms with Crippen LogP contribution in [-0.4, -0.2) is 33.2 Å². The molecule has 1 aliphatic heterocycles. The highest BCUT2D eigenvalue weighted by atomic mass is 16.5. The Balaban J connectivity index is 1.70. The Morgan fingerprint density at radius 1 is 1.48 bits per heavy atom. The van der Waals surface area contributed by atoms with Crippen molar-refractivity contribution >= 4 is 5.91 Å². The molecular weight excluding hydrogens is 294 g/mol. The van der Waals surface area contributed by atoms with Crippen LogP contribution in [0.3, 0.4) is 0 Å². The SMILES string of the molecule is CCn1ccnc1[C@H]1OCC[C@@H]1NC(=O)[C@@H](O)c1ccccc1. The first-order valence-electron chi connectivity index (χ1n) is 7.86. The number of aliphatic hydroxyl groups is 1. The molecule has 0 spiro atoms. The third kappa shape index (κ3) is 3.28. The maximum absolute atomic E-state index is 12.3. The van der Waals surface area contributed by atoms with E-state index in [0.717, 1.165) is 12.4 Å². The predicted octanol–water partition coefficient (Wildman–Crippen LogP) is 1.58. The highest BCUT2D eigenvalue weighted by molar-refractivity contribution is 5.82. The maximum Gasteiger partial charge on any atom is 0.253 e. The van der Waals surface area contributed by atoms with Crippen molar-refractivity contribution in [1.82, 2.24) is 14.9 Å². The van der Waals surface area contributed by atoms with Gasteiger partial charge in [0.2, 0.25) is 0 Å². The van der Waals surface area contributed by atoms with Crippen molar-refractivity contribution in [3.8, 4) is 0 Å². The van der Waals surface area contributed by atoms with Crippen molar-refractivity contribution in [3.05, 3.63) is 54.1 Å². The van der Waals surface area contributed by atoms with Gasteiger partial charge in [0.1, 0.15) is 11.9 Å². The predicted molar refractivity (Wildman–Crippen MR) is 84.5 cm³/mol. The number of carbonyl (C=O) groups is 1.